The van der Waals surface area contributed by atoms with Crippen molar-refractivity contribution >= 4 is 16.3 Å². The maximum absolute atomic E-state index is 9.83. The molecule has 90 valence electrons. The van der Waals surface area contributed by atoms with Crippen LogP contribution in [0.1, 0.15) is 20.3 Å². The van der Waals surface area contributed by atoms with E-state index in [4.69, 9.17) is 0 Å². The Balaban J connectivity index is 4.63. The molecule has 4 heteroatoms. The fourth-order valence-corrected chi connectivity index (χ4v) is 3.45. The summed E-state index contributed by atoms with van der Waals surface area (Å²) in [5.74, 6) is 0. The molecule has 0 heterocycles. The average molecular weight is 250 g/mol. The molecule has 0 aromatic heterocycles. The first-order valence-corrected chi connectivity index (χ1v) is 9.40. The summed E-state index contributed by atoms with van der Waals surface area (Å²) < 4.78 is 0. The molecule has 0 aliphatic rings. The molecule has 0 amide bonds. The van der Waals surface area contributed by atoms with Crippen LogP contribution in [-0.4, -0.2) is 34.4 Å². The summed E-state index contributed by atoms with van der Waals surface area (Å²) in [6.45, 7) is 7.78. The van der Waals surface area contributed by atoms with Gasteiger partial charge in [-0.2, -0.15) is 0 Å². The third-order valence-electron chi connectivity index (χ3n) is 2.29. The standard InChI is InChI=1S/C11H24O2P2/c1-5-7-11(14-12,8-6-2)9-10-15(3,4)13/h5-8,12-15H,9-10H2,1-4H3. The predicted molar refractivity (Wildman–Crippen MR) is 74.8 cm³/mol. The van der Waals surface area contributed by atoms with E-state index in [-0.39, 0.29) is 14.0 Å². The van der Waals surface area contributed by atoms with Crippen LogP contribution >= 0.6 is 16.3 Å². The van der Waals surface area contributed by atoms with Crippen LogP contribution in [0.5, 0.6) is 0 Å². The van der Waals surface area contributed by atoms with E-state index < -0.39 is 7.49 Å². The zero-order chi connectivity index (χ0) is 11.9. The molecule has 0 aromatic rings. The molecule has 0 radical (unpaired) electrons. The van der Waals surface area contributed by atoms with Crippen molar-refractivity contribution in [2.24, 2.45) is 0 Å². The molecule has 0 rings (SSSR count). The van der Waals surface area contributed by atoms with Crippen LogP contribution in [0.15, 0.2) is 24.3 Å². The quantitative estimate of drug-likeness (QED) is 0.562. The molecule has 2 N–H and O–H groups in total. The third kappa shape index (κ3) is 6.43. The van der Waals surface area contributed by atoms with E-state index >= 15 is 0 Å². The molecular weight excluding hydrogens is 226 g/mol. The van der Waals surface area contributed by atoms with Crippen LogP contribution in [0.4, 0.5) is 0 Å². The van der Waals surface area contributed by atoms with Gasteiger partial charge in [0.05, 0.1) is 0 Å². The van der Waals surface area contributed by atoms with Crippen molar-refractivity contribution in [3.8, 4) is 0 Å². The van der Waals surface area contributed by atoms with E-state index in [9.17, 15) is 9.79 Å². The van der Waals surface area contributed by atoms with Crippen LogP contribution < -0.4 is 0 Å². The SMILES string of the molecule is CC=CC(C=CC)(CC[PH](C)(C)O)PO. The summed E-state index contributed by atoms with van der Waals surface area (Å²) in [7, 11) is -2.16. The van der Waals surface area contributed by atoms with Gasteiger partial charge >= 0.3 is 95.3 Å². The van der Waals surface area contributed by atoms with E-state index in [1.807, 2.05) is 51.5 Å². The molecule has 0 fully saturated rings. The van der Waals surface area contributed by atoms with Crippen molar-refractivity contribution in [2.45, 2.75) is 25.4 Å². The molecular formula is C11H24O2P2. The van der Waals surface area contributed by atoms with Crippen molar-refractivity contribution < 1.29 is 9.79 Å². The summed E-state index contributed by atoms with van der Waals surface area (Å²) >= 11 is 0. The van der Waals surface area contributed by atoms with E-state index in [2.05, 4.69) is 0 Å². The first kappa shape index (κ1) is 15.3. The fourth-order valence-electron chi connectivity index (χ4n) is 1.46. The molecule has 0 aliphatic carbocycles. The molecule has 0 saturated heterocycles. The Labute approximate surface area is 95.8 Å². The predicted octanol–water partition coefficient (Wildman–Crippen LogP) is 2.77. The summed E-state index contributed by atoms with van der Waals surface area (Å²) in [5.41, 5.74) is 0. The van der Waals surface area contributed by atoms with E-state index in [0.717, 1.165) is 12.6 Å². The Morgan fingerprint density at radius 1 is 1.20 bits per heavy atom. The number of rotatable bonds is 6. The van der Waals surface area contributed by atoms with Gasteiger partial charge in [0.15, 0.2) is 0 Å². The monoisotopic (exact) mass is 250 g/mol. The summed E-state index contributed by atoms with van der Waals surface area (Å²) in [4.78, 5) is 19.3. The topological polar surface area (TPSA) is 40.5 Å². The van der Waals surface area contributed by atoms with Gasteiger partial charge in [-0.15, -0.1) is 0 Å². The Morgan fingerprint density at radius 2 is 1.67 bits per heavy atom. The number of hydrogen-bond donors (Lipinski definition) is 2. The zero-order valence-electron chi connectivity index (χ0n) is 10.1. The Bertz CT molecular complexity index is 217. The van der Waals surface area contributed by atoms with Gasteiger partial charge in [-0.3, -0.25) is 0 Å². The van der Waals surface area contributed by atoms with Crippen LogP contribution in [0.2, 0.25) is 0 Å². The zero-order valence-corrected chi connectivity index (χ0v) is 12.1. The first-order chi connectivity index (χ1) is 6.89. The number of allylic oxidation sites excluding steroid dienone is 4. The summed E-state index contributed by atoms with van der Waals surface area (Å²) in [5, 5.41) is -0.253. The molecule has 1 unspecified atom stereocenters. The minimum absolute atomic E-state index is 0.144. The van der Waals surface area contributed by atoms with E-state index in [0.29, 0.717) is 0 Å². The van der Waals surface area contributed by atoms with Crippen molar-refractivity contribution in [1.82, 2.24) is 0 Å². The molecule has 0 saturated carbocycles. The molecule has 0 aliphatic heterocycles. The normalized spacial score (nSPS) is 19.3. The molecule has 2 nitrogen and oxygen atoms in total. The van der Waals surface area contributed by atoms with Gasteiger partial charge < -0.3 is 0 Å². The van der Waals surface area contributed by atoms with Crippen LogP contribution in [0.3, 0.4) is 0 Å². The maximum atomic E-state index is 9.83. The molecule has 0 spiro atoms. The van der Waals surface area contributed by atoms with Crippen molar-refractivity contribution in [1.29, 1.82) is 0 Å². The minimum atomic E-state index is -2.02. The number of hydrogen-bond acceptors (Lipinski definition) is 2. The second kappa shape index (κ2) is 6.76. The van der Waals surface area contributed by atoms with Gasteiger partial charge in [-0.05, 0) is 0 Å². The van der Waals surface area contributed by atoms with Crippen molar-refractivity contribution in [2.75, 3.05) is 19.5 Å². The van der Waals surface area contributed by atoms with Crippen LogP contribution in [0, 0.1) is 0 Å². The van der Waals surface area contributed by atoms with Crippen molar-refractivity contribution in [3.63, 3.8) is 0 Å². The molecule has 0 bridgehead atoms. The summed E-state index contributed by atoms with van der Waals surface area (Å²) in [6, 6.07) is 0. The van der Waals surface area contributed by atoms with Gasteiger partial charge in [0, 0.05) is 0 Å². The Hall–Kier alpha value is 0.260. The second-order valence-corrected chi connectivity index (χ2v) is 9.74. The molecule has 1 atom stereocenters. The summed E-state index contributed by atoms with van der Waals surface area (Å²) in [6.07, 6.45) is 9.64. The van der Waals surface area contributed by atoms with Gasteiger partial charge in [-0.1, -0.05) is 0 Å². The molecule has 15 heavy (non-hydrogen) atoms. The first-order valence-electron chi connectivity index (χ1n) is 5.30. The van der Waals surface area contributed by atoms with E-state index in [1.165, 1.54) is 0 Å². The fraction of sp³-hybridized carbons (Fsp3) is 0.636. The van der Waals surface area contributed by atoms with Crippen molar-refractivity contribution in [3.05, 3.63) is 24.3 Å². The van der Waals surface area contributed by atoms with Crippen LogP contribution in [-0.2, 0) is 0 Å². The van der Waals surface area contributed by atoms with Gasteiger partial charge in [-0.25, -0.2) is 0 Å². The van der Waals surface area contributed by atoms with Crippen LogP contribution in [0.25, 0.3) is 0 Å². The van der Waals surface area contributed by atoms with Gasteiger partial charge in [0.25, 0.3) is 0 Å². The third-order valence-corrected chi connectivity index (χ3v) is 4.76. The Morgan fingerprint density at radius 3 is 1.93 bits per heavy atom. The molecule has 0 aromatic carbocycles. The van der Waals surface area contributed by atoms with Gasteiger partial charge in [0.1, 0.15) is 0 Å². The van der Waals surface area contributed by atoms with E-state index in [1.54, 1.807) is 0 Å². The average Bonchev–Trinajstić information content (AvgIpc) is 2.14. The second-order valence-electron chi connectivity index (χ2n) is 4.46. The van der Waals surface area contributed by atoms with Gasteiger partial charge in [0.2, 0.25) is 0 Å². The Kier molecular flexibility index (Phi) is 6.88.